The lowest BCUT2D eigenvalue weighted by molar-refractivity contribution is 0.0697. The number of carbonyl (C=O) groups is 1. The van der Waals surface area contributed by atoms with E-state index in [1.807, 2.05) is 0 Å². The van der Waals surface area contributed by atoms with E-state index in [0.29, 0.717) is 18.9 Å². The van der Waals surface area contributed by atoms with Crippen LogP contribution < -0.4 is 4.90 Å². The van der Waals surface area contributed by atoms with E-state index in [-0.39, 0.29) is 28.6 Å². The van der Waals surface area contributed by atoms with Gasteiger partial charge in [0.25, 0.3) is 0 Å². The first kappa shape index (κ1) is 17.7. The molecule has 25 heavy (non-hydrogen) atoms. The second-order valence-corrected chi connectivity index (χ2v) is 7.81. The van der Waals surface area contributed by atoms with E-state index in [9.17, 15) is 18.3 Å². The van der Waals surface area contributed by atoms with Gasteiger partial charge < -0.3 is 10.0 Å². The molecule has 0 bridgehead atoms. The summed E-state index contributed by atoms with van der Waals surface area (Å²) in [5, 5.41) is 9.45. The molecular weight excluding hydrogens is 366 g/mol. The third-order valence-electron chi connectivity index (χ3n) is 4.01. The Bertz CT molecular complexity index is 896. The molecule has 1 fully saturated rings. The Morgan fingerprint density at radius 3 is 2.40 bits per heavy atom. The van der Waals surface area contributed by atoms with Crippen molar-refractivity contribution in [3.8, 4) is 0 Å². The molecule has 7 nitrogen and oxygen atoms in total. The van der Waals surface area contributed by atoms with Crippen LogP contribution in [-0.2, 0) is 10.0 Å². The van der Waals surface area contributed by atoms with Crippen LogP contribution in [0.25, 0.3) is 0 Å². The van der Waals surface area contributed by atoms with Gasteiger partial charge in [-0.15, -0.1) is 0 Å². The molecule has 0 atom stereocenters. The number of pyridine rings is 1. The van der Waals surface area contributed by atoms with Crippen LogP contribution in [-0.4, -0.2) is 55.0 Å². The third-order valence-corrected chi connectivity index (χ3v) is 6.41. The fourth-order valence-electron chi connectivity index (χ4n) is 2.75. The number of carboxylic acid groups (broad SMARTS) is 1. The second kappa shape index (κ2) is 6.99. The molecule has 1 aromatic carbocycles. The summed E-state index contributed by atoms with van der Waals surface area (Å²) in [6.45, 7) is 1.15. The summed E-state index contributed by atoms with van der Waals surface area (Å²) < 4.78 is 26.8. The predicted molar refractivity (Wildman–Crippen MR) is 93.6 cm³/mol. The average molecular weight is 382 g/mol. The maximum Gasteiger partial charge on any atom is 0.339 e. The standard InChI is InChI=1S/C16H16ClN3O4S/c17-13-5-1-2-6-14(13)25(23,24)20-10-8-19(9-11-20)15-12(16(21)22)4-3-7-18-15/h1-7H,8-11H2,(H,21,22). The largest absolute Gasteiger partial charge is 0.478 e. The molecule has 2 heterocycles. The summed E-state index contributed by atoms with van der Waals surface area (Å²) in [7, 11) is -3.69. The number of sulfonamides is 1. The number of benzene rings is 1. The summed E-state index contributed by atoms with van der Waals surface area (Å²) >= 11 is 6.02. The number of carboxylic acids is 1. The molecule has 0 spiro atoms. The molecule has 0 aliphatic carbocycles. The molecule has 1 aliphatic heterocycles. The van der Waals surface area contributed by atoms with E-state index in [1.54, 1.807) is 23.1 Å². The van der Waals surface area contributed by atoms with E-state index in [1.165, 1.54) is 28.7 Å². The maximum atomic E-state index is 12.7. The Labute approximate surface area is 150 Å². The molecule has 9 heteroatoms. The van der Waals surface area contributed by atoms with E-state index in [4.69, 9.17) is 11.6 Å². The highest BCUT2D eigenvalue weighted by atomic mass is 35.5. The van der Waals surface area contributed by atoms with Gasteiger partial charge in [-0.3, -0.25) is 0 Å². The van der Waals surface area contributed by atoms with E-state index in [0.717, 1.165) is 0 Å². The average Bonchev–Trinajstić information content (AvgIpc) is 2.62. The highest BCUT2D eigenvalue weighted by Crippen LogP contribution is 2.26. The number of nitrogens with zero attached hydrogens (tertiary/aromatic N) is 3. The predicted octanol–water partition coefficient (Wildman–Crippen LogP) is 1.94. The Morgan fingerprint density at radius 2 is 1.76 bits per heavy atom. The summed E-state index contributed by atoms with van der Waals surface area (Å²) in [6, 6.07) is 9.36. The smallest absolute Gasteiger partial charge is 0.339 e. The summed E-state index contributed by atoms with van der Waals surface area (Å²) in [6.07, 6.45) is 1.52. The number of hydrogen-bond donors (Lipinski definition) is 1. The summed E-state index contributed by atoms with van der Waals surface area (Å²) in [5.74, 6) is -0.709. The van der Waals surface area contributed by atoms with Crippen molar-refractivity contribution in [2.45, 2.75) is 4.90 Å². The van der Waals surface area contributed by atoms with Gasteiger partial charge in [-0.2, -0.15) is 4.31 Å². The van der Waals surface area contributed by atoms with Crippen molar-refractivity contribution >= 4 is 33.4 Å². The lowest BCUT2D eigenvalue weighted by Crippen LogP contribution is -2.49. The zero-order valence-electron chi connectivity index (χ0n) is 13.2. The highest BCUT2D eigenvalue weighted by Gasteiger charge is 2.31. The normalized spacial score (nSPS) is 16.0. The first-order chi connectivity index (χ1) is 11.9. The molecule has 2 aromatic rings. The zero-order valence-corrected chi connectivity index (χ0v) is 14.7. The number of rotatable bonds is 4. The lowest BCUT2D eigenvalue weighted by atomic mass is 10.2. The van der Waals surface area contributed by atoms with Crippen molar-refractivity contribution < 1.29 is 18.3 Å². The number of aromatic nitrogens is 1. The quantitative estimate of drug-likeness (QED) is 0.870. The molecular formula is C16H16ClN3O4S. The lowest BCUT2D eigenvalue weighted by Gasteiger charge is -2.35. The molecule has 0 amide bonds. The third kappa shape index (κ3) is 3.46. The van der Waals surface area contributed by atoms with Gasteiger partial charge in [0.1, 0.15) is 16.3 Å². The molecule has 0 radical (unpaired) electrons. The number of aromatic carboxylic acids is 1. The van der Waals surface area contributed by atoms with Crippen LogP contribution in [0.2, 0.25) is 5.02 Å². The van der Waals surface area contributed by atoms with Gasteiger partial charge in [-0.1, -0.05) is 23.7 Å². The molecule has 1 aromatic heterocycles. The molecule has 3 rings (SSSR count). The first-order valence-corrected chi connectivity index (χ1v) is 9.41. The number of anilines is 1. The topological polar surface area (TPSA) is 90.8 Å². The fraction of sp³-hybridized carbons (Fsp3) is 0.250. The van der Waals surface area contributed by atoms with Gasteiger partial charge in [0.2, 0.25) is 10.0 Å². The van der Waals surface area contributed by atoms with Crippen LogP contribution in [0.4, 0.5) is 5.82 Å². The number of piperazine rings is 1. The first-order valence-electron chi connectivity index (χ1n) is 7.59. The minimum atomic E-state index is -3.69. The van der Waals surface area contributed by atoms with Crippen molar-refractivity contribution in [1.29, 1.82) is 0 Å². The Morgan fingerprint density at radius 1 is 1.08 bits per heavy atom. The molecule has 0 saturated carbocycles. The Balaban J connectivity index is 1.79. The molecule has 1 N–H and O–H groups in total. The molecule has 1 aliphatic rings. The van der Waals surface area contributed by atoms with Gasteiger partial charge in [-0.25, -0.2) is 18.2 Å². The molecule has 132 valence electrons. The maximum absolute atomic E-state index is 12.7. The monoisotopic (exact) mass is 381 g/mol. The van der Waals surface area contributed by atoms with E-state index in [2.05, 4.69) is 4.98 Å². The van der Waals surface area contributed by atoms with Crippen LogP contribution in [0, 0.1) is 0 Å². The van der Waals surface area contributed by atoms with Crippen LogP contribution in [0.3, 0.4) is 0 Å². The van der Waals surface area contributed by atoms with Gasteiger partial charge in [0.15, 0.2) is 0 Å². The molecule has 1 saturated heterocycles. The van der Waals surface area contributed by atoms with E-state index < -0.39 is 16.0 Å². The SMILES string of the molecule is O=C(O)c1cccnc1N1CCN(S(=O)(=O)c2ccccc2Cl)CC1. The number of halogens is 1. The van der Waals surface area contributed by atoms with E-state index >= 15 is 0 Å². The van der Waals surface area contributed by atoms with Crippen LogP contribution in [0.1, 0.15) is 10.4 Å². The van der Waals surface area contributed by atoms with Gasteiger partial charge in [0, 0.05) is 32.4 Å². The van der Waals surface area contributed by atoms with Crippen molar-refractivity contribution in [1.82, 2.24) is 9.29 Å². The fourth-order valence-corrected chi connectivity index (χ4v) is 4.66. The Kier molecular flexibility index (Phi) is 4.94. The summed E-state index contributed by atoms with van der Waals surface area (Å²) in [4.78, 5) is 17.3. The van der Waals surface area contributed by atoms with Crippen molar-refractivity contribution in [2.75, 3.05) is 31.1 Å². The van der Waals surface area contributed by atoms with Crippen molar-refractivity contribution in [3.05, 3.63) is 53.2 Å². The Hall–Kier alpha value is -2.16. The minimum absolute atomic E-state index is 0.0779. The van der Waals surface area contributed by atoms with Crippen molar-refractivity contribution in [3.63, 3.8) is 0 Å². The van der Waals surface area contributed by atoms with Crippen LogP contribution in [0.15, 0.2) is 47.5 Å². The van der Waals surface area contributed by atoms with Crippen LogP contribution >= 0.6 is 11.6 Å². The molecule has 0 unspecified atom stereocenters. The second-order valence-electron chi connectivity index (χ2n) is 5.50. The van der Waals surface area contributed by atoms with Gasteiger partial charge in [-0.05, 0) is 24.3 Å². The van der Waals surface area contributed by atoms with Crippen molar-refractivity contribution in [2.24, 2.45) is 0 Å². The van der Waals surface area contributed by atoms with Gasteiger partial charge in [0.05, 0.1) is 5.02 Å². The zero-order chi connectivity index (χ0) is 18.0. The highest BCUT2D eigenvalue weighted by molar-refractivity contribution is 7.89. The van der Waals surface area contributed by atoms with Crippen LogP contribution in [0.5, 0.6) is 0 Å². The summed E-state index contributed by atoms with van der Waals surface area (Å²) in [5.41, 5.74) is 0.102. The number of hydrogen-bond acceptors (Lipinski definition) is 5. The minimum Gasteiger partial charge on any atom is -0.478 e. The van der Waals surface area contributed by atoms with Gasteiger partial charge >= 0.3 is 5.97 Å².